The molecule has 0 aromatic carbocycles. The molecule has 1 saturated carbocycles. The predicted molar refractivity (Wildman–Crippen MR) is 79.7 cm³/mol. The van der Waals surface area contributed by atoms with E-state index in [-0.39, 0.29) is 5.91 Å². The Morgan fingerprint density at radius 3 is 2.80 bits per heavy atom. The summed E-state index contributed by atoms with van der Waals surface area (Å²) in [7, 11) is 0. The van der Waals surface area contributed by atoms with Gasteiger partial charge in [-0.25, -0.2) is 0 Å². The van der Waals surface area contributed by atoms with Crippen molar-refractivity contribution in [2.45, 2.75) is 52.0 Å². The van der Waals surface area contributed by atoms with Crippen LogP contribution in [0.25, 0.3) is 0 Å². The molecule has 0 radical (unpaired) electrons. The molecule has 0 saturated heterocycles. The van der Waals surface area contributed by atoms with Crippen LogP contribution >= 0.6 is 0 Å². The minimum absolute atomic E-state index is 0.171. The van der Waals surface area contributed by atoms with Crippen LogP contribution in [0.2, 0.25) is 0 Å². The lowest BCUT2D eigenvalue weighted by Crippen LogP contribution is -2.28. The molecule has 1 fully saturated rings. The van der Waals surface area contributed by atoms with Gasteiger partial charge in [-0.3, -0.25) is 4.79 Å². The van der Waals surface area contributed by atoms with Crippen molar-refractivity contribution >= 4 is 11.7 Å². The largest absolute Gasteiger partial charge is 0.366 e. The van der Waals surface area contributed by atoms with Gasteiger partial charge in [0.05, 0.1) is 0 Å². The number of rotatable bonds is 5. The Morgan fingerprint density at radius 1 is 1.30 bits per heavy atom. The fourth-order valence-electron chi connectivity index (χ4n) is 2.78. The highest BCUT2D eigenvalue weighted by atomic mass is 16.1. The monoisotopic (exact) mass is 276 g/mol. The number of carbonyl (C=O) groups excluding carboxylic acids is 1. The first-order valence-corrected chi connectivity index (χ1v) is 7.61. The van der Waals surface area contributed by atoms with Gasteiger partial charge in [0.15, 0.2) is 5.69 Å². The molecule has 1 aromatic heterocycles. The molecule has 1 aliphatic carbocycles. The fourth-order valence-corrected chi connectivity index (χ4v) is 2.78. The van der Waals surface area contributed by atoms with Crippen LogP contribution in [0.1, 0.15) is 56.4 Å². The Kier molecular flexibility index (Phi) is 5.32. The maximum atomic E-state index is 11.6. The Morgan fingerprint density at radius 2 is 2.15 bits per heavy atom. The van der Waals surface area contributed by atoms with Crippen molar-refractivity contribution < 1.29 is 4.79 Å². The summed E-state index contributed by atoms with van der Waals surface area (Å²) < 4.78 is 0. The third-order valence-electron chi connectivity index (χ3n) is 3.95. The standard InChI is InChI=1S/C15H24N4O/c1-3-11-6-5-7-12(10-11)17-14-9-8-13(18-19-14)15(20)16-4-2/h8-9,11-12H,3-7,10H2,1-2H3,(H,16,20)(H,17,19). The Balaban J connectivity index is 1.91. The Labute approximate surface area is 120 Å². The van der Waals surface area contributed by atoms with Crippen molar-refractivity contribution in [3.05, 3.63) is 17.8 Å². The molecular weight excluding hydrogens is 252 g/mol. The van der Waals surface area contributed by atoms with Gasteiger partial charge >= 0.3 is 0 Å². The third kappa shape index (κ3) is 3.92. The van der Waals surface area contributed by atoms with Gasteiger partial charge in [0.1, 0.15) is 5.82 Å². The first kappa shape index (κ1) is 14.8. The molecule has 110 valence electrons. The van der Waals surface area contributed by atoms with Gasteiger partial charge in [-0.1, -0.05) is 26.2 Å². The van der Waals surface area contributed by atoms with Crippen molar-refractivity contribution in [1.82, 2.24) is 15.5 Å². The van der Waals surface area contributed by atoms with Gasteiger partial charge < -0.3 is 10.6 Å². The number of anilines is 1. The maximum absolute atomic E-state index is 11.6. The van der Waals surface area contributed by atoms with Crippen molar-refractivity contribution in [2.75, 3.05) is 11.9 Å². The molecule has 20 heavy (non-hydrogen) atoms. The van der Waals surface area contributed by atoms with E-state index in [0.29, 0.717) is 18.3 Å². The SMILES string of the molecule is CCNC(=O)c1ccc(NC2CCCC(CC)C2)nn1. The normalized spacial score (nSPS) is 22.3. The molecular formula is C15H24N4O. The van der Waals surface area contributed by atoms with Gasteiger partial charge in [0.2, 0.25) is 0 Å². The van der Waals surface area contributed by atoms with Crippen LogP contribution < -0.4 is 10.6 Å². The van der Waals surface area contributed by atoms with Crippen molar-refractivity contribution in [2.24, 2.45) is 5.92 Å². The Bertz CT molecular complexity index is 432. The number of nitrogens with zero attached hydrogens (tertiary/aromatic N) is 2. The van der Waals surface area contributed by atoms with Crippen LogP contribution in [0.3, 0.4) is 0 Å². The minimum Gasteiger partial charge on any atom is -0.366 e. The molecule has 0 spiro atoms. The molecule has 1 heterocycles. The molecule has 0 aliphatic heterocycles. The van der Waals surface area contributed by atoms with Gasteiger partial charge in [0.25, 0.3) is 5.91 Å². The molecule has 0 bridgehead atoms. The van der Waals surface area contributed by atoms with Crippen LogP contribution in [-0.4, -0.2) is 28.7 Å². The second-order valence-electron chi connectivity index (χ2n) is 5.45. The molecule has 2 rings (SSSR count). The maximum Gasteiger partial charge on any atom is 0.271 e. The zero-order valence-corrected chi connectivity index (χ0v) is 12.4. The molecule has 5 nitrogen and oxygen atoms in total. The summed E-state index contributed by atoms with van der Waals surface area (Å²) in [5, 5.41) is 14.2. The van der Waals surface area contributed by atoms with Gasteiger partial charge in [-0.15, -0.1) is 10.2 Å². The van der Waals surface area contributed by atoms with Crippen molar-refractivity contribution in [3.63, 3.8) is 0 Å². The first-order valence-electron chi connectivity index (χ1n) is 7.61. The van der Waals surface area contributed by atoms with Gasteiger partial charge in [-0.2, -0.15) is 0 Å². The molecule has 1 aromatic rings. The summed E-state index contributed by atoms with van der Waals surface area (Å²) in [5.41, 5.74) is 0.368. The highest BCUT2D eigenvalue weighted by molar-refractivity contribution is 5.92. The lowest BCUT2D eigenvalue weighted by molar-refractivity contribution is 0.0950. The number of hydrogen-bond donors (Lipinski definition) is 2. The van der Waals surface area contributed by atoms with Crippen LogP contribution in [0, 0.1) is 5.92 Å². The average molecular weight is 276 g/mol. The van der Waals surface area contributed by atoms with Crippen LogP contribution in [0.4, 0.5) is 5.82 Å². The van der Waals surface area contributed by atoms with Crippen molar-refractivity contribution in [3.8, 4) is 0 Å². The number of amides is 1. The average Bonchev–Trinajstić information content (AvgIpc) is 2.48. The fraction of sp³-hybridized carbons (Fsp3) is 0.667. The van der Waals surface area contributed by atoms with E-state index >= 15 is 0 Å². The molecule has 2 N–H and O–H groups in total. The third-order valence-corrected chi connectivity index (χ3v) is 3.95. The zero-order chi connectivity index (χ0) is 14.4. The smallest absolute Gasteiger partial charge is 0.271 e. The number of hydrogen-bond acceptors (Lipinski definition) is 4. The van der Waals surface area contributed by atoms with Gasteiger partial charge in [-0.05, 0) is 37.8 Å². The zero-order valence-electron chi connectivity index (χ0n) is 12.4. The highest BCUT2D eigenvalue weighted by Gasteiger charge is 2.20. The lowest BCUT2D eigenvalue weighted by Gasteiger charge is -2.29. The second-order valence-corrected chi connectivity index (χ2v) is 5.45. The summed E-state index contributed by atoms with van der Waals surface area (Å²) in [6.45, 7) is 4.74. The summed E-state index contributed by atoms with van der Waals surface area (Å²) in [6.07, 6.45) is 6.27. The molecule has 1 aliphatic rings. The number of carbonyl (C=O) groups is 1. The van der Waals surface area contributed by atoms with Crippen LogP contribution in [0.5, 0.6) is 0 Å². The number of aromatic nitrogens is 2. The lowest BCUT2D eigenvalue weighted by atomic mass is 9.84. The topological polar surface area (TPSA) is 66.9 Å². The van der Waals surface area contributed by atoms with E-state index in [1.165, 1.54) is 32.1 Å². The Hall–Kier alpha value is -1.65. The van der Waals surface area contributed by atoms with Crippen LogP contribution in [-0.2, 0) is 0 Å². The van der Waals surface area contributed by atoms with E-state index in [0.717, 1.165) is 11.7 Å². The van der Waals surface area contributed by atoms with E-state index in [2.05, 4.69) is 27.8 Å². The second kappa shape index (κ2) is 7.22. The first-order chi connectivity index (χ1) is 9.72. The van der Waals surface area contributed by atoms with Crippen molar-refractivity contribution in [1.29, 1.82) is 0 Å². The van der Waals surface area contributed by atoms with E-state index in [1.54, 1.807) is 6.07 Å². The van der Waals surface area contributed by atoms with E-state index < -0.39 is 0 Å². The molecule has 1 amide bonds. The summed E-state index contributed by atoms with van der Waals surface area (Å²) in [4.78, 5) is 11.6. The van der Waals surface area contributed by atoms with E-state index in [4.69, 9.17) is 0 Å². The molecule has 2 atom stereocenters. The summed E-state index contributed by atoms with van der Waals surface area (Å²) in [6, 6.07) is 4.05. The van der Waals surface area contributed by atoms with E-state index in [1.807, 2.05) is 13.0 Å². The van der Waals surface area contributed by atoms with Gasteiger partial charge in [0, 0.05) is 12.6 Å². The highest BCUT2D eigenvalue weighted by Crippen LogP contribution is 2.28. The molecule has 2 unspecified atom stereocenters. The van der Waals surface area contributed by atoms with Crippen LogP contribution in [0.15, 0.2) is 12.1 Å². The molecule has 5 heteroatoms. The number of nitrogens with one attached hydrogen (secondary N) is 2. The summed E-state index contributed by atoms with van der Waals surface area (Å²) >= 11 is 0. The minimum atomic E-state index is -0.171. The quantitative estimate of drug-likeness (QED) is 0.867. The predicted octanol–water partition coefficient (Wildman–Crippen LogP) is 2.61. The van der Waals surface area contributed by atoms with E-state index in [9.17, 15) is 4.79 Å². The summed E-state index contributed by atoms with van der Waals surface area (Å²) in [5.74, 6) is 1.42.